The highest BCUT2D eigenvalue weighted by Crippen LogP contribution is 2.73. The molecule has 5 rings (SSSR count). The van der Waals surface area contributed by atoms with Crippen LogP contribution in [0.25, 0.3) is 0 Å². The van der Waals surface area contributed by atoms with Gasteiger partial charge in [-0.25, -0.2) is 4.79 Å². The van der Waals surface area contributed by atoms with Crippen LogP contribution in [0.15, 0.2) is 53.6 Å². The van der Waals surface area contributed by atoms with E-state index >= 15 is 0 Å². The third-order valence-corrected chi connectivity index (χ3v) is 13.9. The van der Waals surface area contributed by atoms with Crippen LogP contribution in [-0.2, 0) is 24.7 Å². The number of carbonyl (C=O) groups is 2. The summed E-state index contributed by atoms with van der Waals surface area (Å²) < 4.78 is 54.9. The van der Waals surface area contributed by atoms with Gasteiger partial charge in [0.1, 0.15) is 11.9 Å². The molecule has 0 saturated heterocycles. The summed E-state index contributed by atoms with van der Waals surface area (Å²) in [6.07, 6.45) is 5.64. The van der Waals surface area contributed by atoms with Crippen molar-refractivity contribution < 1.29 is 32.2 Å². The number of allylic oxidation sites excluding steroid dienone is 3. The van der Waals surface area contributed by atoms with Gasteiger partial charge in [-0.05, 0) is 105 Å². The summed E-state index contributed by atoms with van der Waals surface area (Å²) >= 11 is 0. The topological polar surface area (TPSA) is 52.6 Å². The fourth-order valence-corrected chi connectivity index (χ4v) is 11.1. The van der Waals surface area contributed by atoms with Crippen LogP contribution >= 0.6 is 0 Å². The molecule has 7 heteroatoms. The van der Waals surface area contributed by atoms with Gasteiger partial charge in [0.2, 0.25) is 0 Å². The predicted octanol–water partition coefficient (Wildman–Crippen LogP) is 10.2. The Morgan fingerprint density at radius 2 is 1.68 bits per heavy atom. The number of carbonyl (C=O) groups excluding carboxylic acids is 2. The lowest BCUT2D eigenvalue weighted by molar-refractivity contribution is -0.277. The number of methoxy groups -OCH3 is 1. The monoisotopic (exact) mass is 656 g/mol. The Kier molecular flexibility index (Phi) is 9.30. The molecular formula is C40H55F3O4. The Hall–Kier alpha value is -2.41. The molecule has 0 unspecified atom stereocenters. The van der Waals surface area contributed by atoms with Crippen LogP contribution in [0.1, 0.15) is 112 Å². The van der Waals surface area contributed by atoms with E-state index in [4.69, 9.17) is 9.47 Å². The smallest absolute Gasteiger partial charge is 0.432 e. The number of benzene rings is 1. The molecule has 0 aliphatic heterocycles. The molecule has 1 aromatic rings. The Balaban J connectivity index is 1.41. The summed E-state index contributed by atoms with van der Waals surface area (Å²) in [4.78, 5) is 26.6. The van der Waals surface area contributed by atoms with E-state index in [2.05, 4.69) is 47.6 Å². The number of esters is 1. The van der Waals surface area contributed by atoms with E-state index in [0.29, 0.717) is 36.4 Å². The average molecular weight is 657 g/mol. The fraction of sp³-hybridized carbons (Fsp3) is 0.700. The number of halogens is 3. The summed E-state index contributed by atoms with van der Waals surface area (Å²) in [5.74, 6) is 0.181. The van der Waals surface area contributed by atoms with Crippen LogP contribution in [0.5, 0.6) is 0 Å². The molecule has 0 aromatic heterocycles. The Bertz CT molecular complexity index is 1420. The van der Waals surface area contributed by atoms with Gasteiger partial charge in [0.05, 0.1) is 0 Å². The van der Waals surface area contributed by atoms with Crippen LogP contribution in [-0.4, -0.2) is 31.1 Å². The second-order valence-corrected chi connectivity index (χ2v) is 16.7. The molecular weight excluding hydrogens is 601 g/mol. The van der Waals surface area contributed by atoms with E-state index in [1.54, 1.807) is 17.7 Å². The molecule has 47 heavy (non-hydrogen) atoms. The Morgan fingerprint density at radius 3 is 2.28 bits per heavy atom. The van der Waals surface area contributed by atoms with E-state index in [1.807, 2.05) is 13.8 Å². The highest BCUT2D eigenvalue weighted by molar-refractivity contribution is 5.85. The van der Waals surface area contributed by atoms with Crippen molar-refractivity contribution in [1.29, 1.82) is 0 Å². The third-order valence-electron chi connectivity index (χ3n) is 13.9. The van der Waals surface area contributed by atoms with Crippen molar-refractivity contribution in [2.24, 2.45) is 45.3 Å². The number of rotatable bonds is 8. The fourth-order valence-electron chi connectivity index (χ4n) is 11.1. The molecule has 0 heterocycles. The second-order valence-electron chi connectivity index (χ2n) is 16.7. The number of Topliss-reactive ketones (excluding diaryl/α,β-unsaturated/α-hetero) is 1. The molecule has 4 nitrogen and oxygen atoms in total. The number of hydrogen-bond donors (Lipinski definition) is 0. The lowest BCUT2D eigenvalue weighted by atomic mass is 9.41. The maximum absolute atomic E-state index is 14.7. The molecule has 4 aliphatic carbocycles. The number of ketones is 1. The quantitative estimate of drug-likeness (QED) is 0.206. The van der Waals surface area contributed by atoms with E-state index in [9.17, 15) is 22.8 Å². The number of alkyl halides is 3. The summed E-state index contributed by atoms with van der Waals surface area (Å²) in [5, 5.41) is 0. The summed E-state index contributed by atoms with van der Waals surface area (Å²) in [7, 11) is 0.908. The Morgan fingerprint density at radius 1 is 1.02 bits per heavy atom. The van der Waals surface area contributed by atoms with Crippen LogP contribution < -0.4 is 0 Å². The maximum Gasteiger partial charge on any atom is 0.432 e. The van der Waals surface area contributed by atoms with Crippen molar-refractivity contribution in [3.8, 4) is 0 Å². The van der Waals surface area contributed by atoms with Crippen LogP contribution in [0.4, 0.5) is 13.2 Å². The third kappa shape index (κ3) is 5.45. The molecule has 0 amide bonds. The van der Waals surface area contributed by atoms with Crippen molar-refractivity contribution in [2.45, 2.75) is 125 Å². The highest BCUT2D eigenvalue weighted by atomic mass is 19.4. The van der Waals surface area contributed by atoms with Gasteiger partial charge in [0, 0.05) is 24.5 Å². The van der Waals surface area contributed by atoms with E-state index in [1.165, 1.54) is 24.3 Å². The van der Waals surface area contributed by atoms with E-state index in [0.717, 1.165) is 51.2 Å². The van der Waals surface area contributed by atoms with Gasteiger partial charge in [-0.15, -0.1) is 0 Å². The van der Waals surface area contributed by atoms with Crippen LogP contribution in [0.2, 0.25) is 0 Å². The normalized spacial score (nSPS) is 35.7. The summed E-state index contributed by atoms with van der Waals surface area (Å²) in [6.45, 7) is 17.5. The highest BCUT2D eigenvalue weighted by Gasteiger charge is 2.66. The molecule has 0 N–H and O–H groups in total. The van der Waals surface area contributed by atoms with Crippen LogP contribution in [0, 0.1) is 45.3 Å². The number of fused-ring (bicyclic) bond motifs is 5. The molecule has 3 fully saturated rings. The first-order chi connectivity index (χ1) is 21.8. The molecule has 0 bridgehead atoms. The van der Waals surface area contributed by atoms with Gasteiger partial charge in [-0.1, -0.05) is 89.1 Å². The predicted molar refractivity (Wildman–Crippen MR) is 178 cm³/mol. The lowest BCUT2D eigenvalue weighted by Gasteiger charge is -2.63. The number of ether oxygens (including phenoxy) is 2. The molecule has 3 saturated carbocycles. The van der Waals surface area contributed by atoms with Crippen molar-refractivity contribution in [1.82, 2.24) is 0 Å². The largest absolute Gasteiger partial charge is 0.455 e. The van der Waals surface area contributed by atoms with Crippen molar-refractivity contribution in [3.63, 3.8) is 0 Å². The molecule has 9 atom stereocenters. The zero-order chi connectivity index (χ0) is 34.8. The second kappa shape index (κ2) is 12.2. The number of hydrogen-bond acceptors (Lipinski definition) is 4. The van der Waals surface area contributed by atoms with E-state index in [-0.39, 0.29) is 33.1 Å². The summed E-state index contributed by atoms with van der Waals surface area (Å²) in [5.41, 5.74) is -1.28. The minimum Gasteiger partial charge on any atom is -0.455 e. The maximum atomic E-state index is 14.7. The first kappa shape index (κ1) is 35.9. The van der Waals surface area contributed by atoms with Gasteiger partial charge in [0.15, 0.2) is 0 Å². The SMILES string of the molecule is CO[C@@](C(=O)O[C@@H](C=C(C)C)C[C@H](C)[C@@H]1CC[C@]2(C)C3=CC[C@H]4C(C)(C)C(=O)CC[C@]4(C)[C@H]3CC[C@@]12C)(c1ccccc1)C(F)(F)F. The molecule has 0 radical (unpaired) electrons. The van der Waals surface area contributed by atoms with Gasteiger partial charge >= 0.3 is 12.1 Å². The first-order valence-corrected chi connectivity index (χ1v) is 17.6. The zero-order valence-electron chi connectivity index (χ0n) is 29.9. The molecule has 4 aliphatic rings. The lowest BCUT2D eigenvalue weighted by Crippen LogP contribution is -2.57. The van der Waals surface area contributed by atoms with Crippen molar-refractivity contribution in [2.75, 3.05) is 7.11 Å². The van der Waals surface area contributed by atoms with Gasteiger partial charge in [-0.3, -0.25) is 4.79 Å². The van der Waals surface area contributed by atoms with Crippen molar-refractivity contribution in [3.05, 3.63) is 59.2 Å². The van der Waals surface area contributed by atoms with Crippen molar-refractivity contribution >= 4 is 11.8 Å². The van der Waals surface area contributed by atoms with Crippen LogP contribution in [0.3, 0.4) is 0 Å². The molecule has 1 aromatic carbocycles. The molecule has 260 valence electrons. The first-order valence-electron chi connectivity index (χ1n) is 17.6. The van der Waals surface area contributed by atoms with Gasteiger partial charge < -0.3 is 9.47 Å². The minimum absolute atomic E-state index is 0.00375. The van der Waals surface area contributed by atoms with Gasteiger partial charge in [0.25, 0.3) is 5.60 Å². The Labute approximate surface area is 279 Å². The molecule has 0 spiro atoms. The van der Waals surface area contributed by atoms with Gasteiger partial charge in [-0.2, -0.15) is 13.2 Å². The average Bonchev–Trinajstić information content (AvgIpc) is 3.26. The minimum atomic E-state index is -5.02. The standard InChI is InChI=1S/C40H55F3O4/c1-25(2)23-28(47-34(45)39(46-9,40(41,42)43)27-13-11-10-12-14-27)24-26(3)29-17-21-38(8)31-15-16-32-35(4,5)33(44)19-20-36(32,6)30(31)18-22-37(29,38)7/h10-15,23,26,28-30,32H,16-22,24H2,1-9H3/t26-,28-,29-,30-,32-,36+,37-,38+,39+/m0/s1. The summed E-state index contributed by atoms with van der Waals surface area (Å²) in [6, 6.07) is 7.02. The van der Waals surface area contributed by atoms with E-state index < -0.39 is 23.9 Å². The zero-order valence-corrected chi connectivity index (χ0v) is 29.9.